The number of hydrogen-bond acceptors (Lipinski definition) is 5. The Balaban J connectivity index is 1.62. The van der Waals surface area contributed by atoms with Crippen molar-refractivity contribution in [1.29, 1.82) is 0 Å². The summed E-state index contributed by atoms with van der Waals surface area (Å²) in [6, 6.07) is 16.5. The number of benzene rings is 2. The Morgan fingerprint density at radius 2 is 1.92 bits per heavy atom. The molecule has 0 radical (unpaired) electrons. The van der Waals surface area contributed by atoms with Crippen molar-refractivity contribution in [2.75, 3.05) is 11.9 Å². The fraction of sp³-hybridized carbons (Fsp3) is 0.250. The SMILES string of the molecule is CCCCCOc1cccc(C(=O)Nc2nnc(-c3ccccc3)o2)c1. The van der Waals surface area contributed by atoms with Gasteiger partial charge in [0.25, 0.3) is 5.91 Å². The first-order chi connectivity index (χ1) is 12.8. The van der Waals surface area contributed by atoms with E-state index >= 15 is 0 Å². The highest BCUT2D eigenvalue weighted by Crippen LogP contribution is 2.20. The molecule has 6 heteroatoms. The van der Waals surface area contributed by atoms with E-state index in [4.69, 9.17) is 9.15 Å². The van der Waals surface area contributed by atoms with Crippen LogP contribution in [0.5, 0.6) is 5.75 Å². The standard InChI is InChI=1S/C20H21N3O3/c1-2-3-7-13-25-17-12-8-11-16(14-17)18(24)21-20-23-22-19(26-20)15-9-5-4-6-10-15/h4-6,8-12,14H,2-3,7,13H2,1H3,(H,21,23,24). The molecule has 0 unspecified atom stereocenters. The highest BCUT2D eigenvalue weighted by atomic mass is 16.5. The maximum atomic E-state index is 12.4. The van der Waals surface area contributed by atoms with E-state index in [9.17, 15) is 4.79 Å². The summed E-state index contributed by atoms with van der Waals surface area (Å²) in [5.41, 5.74) is 1.26. The maximum Gasteiger partial charge on any atom is 0.322 e. The summed E-state index contributed by atoms with van der Waals surface area (Å²) in [6.07, 6.45) is 3.26. The molecule has 26 heavy (non-hydrogen) atoms. The molecule has 3 rings (SSSR count). The van der Waals surface area contributed by atoms with Gasteiger partial charge in [0.15, 0.2) is 0 Å². The van der Waals surface area contributed by atoms with E-state index in [-0.39, 0.29) is 11.9 Å². The summed E-state index contributed by atoms with van der Waals surface area (Å²) in [5, 5.41) is 10.4. The Bertz CT molecular complexity index is 846. The molecule has 134 valence electrons. The van der Waals surface area contributed by atoms with E-state index in [2.05, 4.69) is 22.4 Å². The van der Waals surface area contributed by atoms with Crippen molar-refractivity contribution in [3.63, 3.8) is 0 Å². The lowest BCUT2D eigenvalue weighted by Gasteiger charge is -2.07. The minimum Gasteiger partial charge on any atom is -0.494 e. The van der Waals surface area contributed by atoms with Gasteiger partial charge in [0.1, 0.15) is 5.75 Å². The highest BCUT2D eigenvalue weighted by Gasteiger charge is 2.13. The summed E-state index contributed by atoms with van der Waals surface area (Å²) >= 11 is 0. The third-order valence-electron chi connectivity index (χ3n) is 3.78. The molecule has 0 saturated carbocycles. The Labute approximate surface area is 152 Å². The average molecular weight is 351 g/mol. The van der Waals surface area contributed by atoms with E-state index in [0.717, 1.165) is 24.8 Å². The molecule has 0 spiro atoms. The van der Waals surface area contributed by atoms with Gasteiger partial charge in [0.05, 0.1) is 6.61 Å². The second-order valence-electron chi connectivity index (χ2n) is 5.82. The van der Waals surface area contributed by atoms with Crippen LogP contribution in [0.2, 0.25) is 0 Å². The largest absolute Gasteiger partial charge is 0.494 e. The fourth-order valence-electron chi connectivity index (χ4n) is 2.41. The summed E-state index contributed by atoms with van der Waals surface area (Å²) in [6.45, 7) is 2.79. The van der Waals surface area contributed by atoms with E-state index in [1.54, 1.807) is 18.2 Å². The quantitative estimate of drug-likeness (QED) is 0.602. The number of ether oxygens (including phenoxy) is 1. The molecule has 0 atom stereocenters. The van der Waals surface area contributed by atoms with Crippen LogP contribution in [0.15, 0.2) is 59.0 Å². The molecule has 1 heterocycles. The van der Waals surface area contributed by atoms with Gasteiger partial charge in [0, 0.05) is 11.1 Å². The fourth-order valence-corrected chi connectivity index (χ4v) is 2.41. The molecular weight excluding hydrogens is 330 g/mol. The number of unbranched alkanes of at least 4 members (excludes halogenated alkanes) is 2. The number of hydrogen-bond donors (Lipinski definition) is 1. The lowest BCUT2D eigenvalue weighted by molar-refractivity contribution is 0.102. The first-order valence-corrected chi connectivity index (χ1v) is 8.69. The molecule has 0 aliphatic heterocycles. The van der Waals surface area contributed by atoms with Gasteiger partial charge in [0.2, 0.25) is 5.89 Å². The first kappa shape index (κ1) is 17.7. The smallest absolute Gasteiger partial charge is 0.322 e. The third kappa shape index (κ3) is 4.69. The number of rotatable bonds is 8. The lowest BCUT2D eigenvalue weighted by atomic mass is 10.2. The van der Waals surface area contributed by atoms with Gasteiger partial charge in [-0.2, -0.15) is 0 Å². The number of nitrogens with one attached hydrogen (secondary N) is 1. The van der Waals surface area contributed by atoms with E-state index < -0.39 is 0 Å². The Morgan fingerprint density at radius 3 is 2.73 bits per heavy atom. The highest BCUT2D eigenvalue weighted by molar-refractivity contribution is 6.03. The van der Waals surface area contributed by atoms with Crippen molar-refractivity contribution in [3.8, 4) is 17.2 Å². The van der Waals surface area contributed by atoms with Crippen LogP contribution >= 0.6 is 0 Å². The van der Waals surface area contributed by atoms with Gasteiger partial charge in [-0.1, -0.05) is 49.1 Å². The normalized spacial score (nSPS) is 10.5. The zero-order valence-electron chi connectivity index (χ0n) is 14.6. The lowest BCUT2D eigenvalue weighted by Crippen LogP contribution is -2.12. The van der Waals surface area contributed by atoms with Crippen LogP contribution in [0.25, 0.3) is 11.5 Å². The van der Waals surface area contributed by atoms with Gasteiger partial charge in [-0.3, -0.25) is 10.1 Å². The van der Waals surface area contributed by atoms with Crippen LogP contribution in [0, 0.1) is 0 Å². The first-order valence-electron chi connectivity index (χ1n) is 8.69. The van der Waals surface area contributed by atoms with E-state index in [1.807, 2.05) is 36.4 Å². The van der Waals surface area contributed by atoms with Crippen molar-refractivity contribution in [2.24, 2.45) is 0 Å². The van der Waals surface area contributed by atoms with Crippen molar-refractivity contribution in [1.82, 2.24) is 10.2 Å². The second kappa shape index (κ2) is 8.80. The molecule has 0 saturated heterocycles. The van der Waals surface area contributed by atoms with Crippen LogP contribution in [0.1, 0.15) is 36.5 Å². The molecule has 1 N–H and O–H groups in total. The molecule has 2 aromatic carbocycles. The number of aromatic nitrogens is 2. The van der Waals surface area contributed by atoms with Crippen LogP contribution < -0.4 is 10.1 Å². The van der Waals surface area contributed by atoms with Crippen molar-refractivity contribution in [2.45, 2.75) is 26.2 Å². The van der Waals surface area contributed by atoms with E-state index in [1.165, 1.54) is 0 Å². The van der Waals surface area contributed by atoms with Crippen molar-refractivity contribution >= 4 is 11.9 Å². The van der Waals surface area contributed by atoms with Gasteiger partial charge in [-0.15, -0.1) is 5.10 Å². The molecule has 6 nitrogen and oxygen atoms in total. The topological polar surface area (TPSA) is 77.2 Å². The minimum atomic E-state index is -0.327. The summed E-state index contributed by atoms with van der Waals surface area (Å²) in [5.74, 6) is 0.699. The number of carbonyl (C=O) groups is 1. The number of nitrogens with zero attached hydrogens (tertiary/aromatic N) is 2. The molecular formula is C20H21N3O3. The van der Waals surface area contributed by atoms with Gasteiger partial charge >= 0.3 is 6.01 Å². The summed E-state index contributed by atoms with van der Waals surface area (Å²) in [7, 11) is 0. The van der Waals surface area contributed by atoms with Gasteiger partial charge < -0.3 is 9.15 Å². The predicted molar refractivity (Wildman–Crippen MR) is 99.1 cm³/mol. The zero-order valence-corrected chi connectivity index (χ0v) is 14.6. The molecule has 0 aliphatic rings. The average Bonchev–Trinajstić information content (AvgIpc) is 3.15. The molecule has 0 aliphatic carbocycles. The zero-order chi connectivity index (χ0) is 18.2. The van der Waals surface area contributed by atoms with Gasteiger partial charge in [-0.05, 0) is 36.8 Å². The second-order valence-corrected chi connectivity index (χ2v) is 5.82. The minimum absolute atomic E-state index is 0.0584. The van der Waals surface area contributed by atoms with Crippen LogP contribution in [-0.2, 0) is 0 Å². The number of amides is 1. The monoisotopic (exact) mass is 351 g/mol. The molecule has 1 aromatic heterocycles. The molecule has 3 aromatic rings. The van der Waals surface area contributed by atoms with Gasteiger partial charge in [-0.25, -0.2) is 0 Å². The summed E-state index contributed by atoms with van der Waals surface area (Å²) < 4.78 is 11.2. The van der Waals surface area contributed by atoms with Crippen LogP contribution in [0.4, 0.5) is 6.01 Å². The number of anilines is 1. The Hall–Kier alpha value is -3.15. The maximum absolute atomic E-state index is 12.4. The Morgan fingerprint density at radius 1 is 1.08 bits per heavy atom. The predicted octanol–water partition coefficient (Wildman–Crippen LogP) is 4.56. The molecule has 1 amide bonds. The third-order valence-corrected chi connectivity index (χ3v) is 3.78. The molecule has 0 fully saturated rings. The van der Waals surface area contributed by atoms with Crippen LogP contribution in [0.3, 0.4) is 0 Å². The summed E-state index contributed by atoms with van der Waals surface area (Å²) in [4.78, 5) is 12.4. The number of carbonyl (C=O) groups excluding carboxylic acids is 1. The van der Waals surface area contributed by atoms with Crippen molar-refractivity contribution in [3.05, 3.63) is 60.2 Å². The molecule has 0 bridgehead atoms. The Kier molecular flexibility index (Phi) is 5.98. The van der Waals surface area contributed by atoms with E-state index in [0.29, 0.717) is 23.8 Å². The van der Waals surface area contributed by atoms with Crippen LogP contribution in [-0.4, -0.2) is 22.7 Å². The van der Waals surface area contributed by atoms with Crippen molar-refractivity contribution < 1.29 is 13.9 Å².